The Bertz CT molecular complexity index is 1840. The number of phenolic OH excluding ortho intramolecular Hbond substituents is 1. The number of aliphatic hydroxyl groups is 1. The van der Waals surface area contributed by atoms with Crippen LogP contribution in [-0.4, -0.2) is 78.1 Å². The summed E-state index contributed by atoms with van der Waals surface area (Å²) in [4.78, 5) is 4.78. The highest BCUT2D eigenvalue weighted by atomic mass is 35.5. The number of piperidine rings is 1. The minimum Gasteiger partial charge on any atom is -0.504 e. The van der Waals surface area contributed by atoms with Crippen LogP contribution >= 0.6 is 11.6 Å². The van der Waals surface area contributed by atoms with Gasteiger partial charge < -0.3 is 29.5 Å². The van der Waals surface area contributed by atoms with Crippen LogP contribution in [0.4, 0.5) is 0 Å². The number of aromatic hydroxyl groups is 1. The summed E-state index contributed by atoms with van der Waals surface area (Å²) < 4.78 is 12.0. The van der Waals surface area contributed by atoms with Gasteiger partial charge in [0.15, 0.2) is 11.5 Å². The molecule has 6 nitrogen and oxygen atoms in total. The molecule has 1 saturated heterocycles. The van der Waals surface area contributed by atoms with Crippen LogP contribution in [0.15, 0.2) is 109 Å². The second-order valence-corrected chi connectivity index (χ2v) is 14.1. The third-order valence-corrected chi connectivity index (χ3v) is 11.6. The van der Waals surface area contributed by atoms with Crippen molar-refractivity contribution in [2.75, 3.05) is 39.8 Å². The highest BCUT2D eigenvalue weighted by Gasteiger charge is 2.64. The Morgan fingerprint density at radius 3 is 2.24 bits per heavy atom. The Morgan fingerprint density at radius 1 is 0.900 bits per heavy atom. The van der Waals surface area contributed by atoms with E-state index in [4.69, 9.17) is 21.1 Å². The highest BCUT2D eigenvalue weighted by Crippen LogP contribution is 2.62. The fraction of sp³-hybridized carbons (Fsp3) is 0.349. The molecule has 0 saturated carbocycles. The van der Waals surface area contributed by atoms with E-state index in [9.17, 15) is 10.2 Å². The van der Waals surface area contributed by atoms with Crippen LogP contribution in [0.3, 0.4) is 0 Å². The topological polar surface area (TPSA) is 65.4 Å². The Hall–Kier alpha value is -4.07. The SMILES string of the molecule is CCN(CC)CCOc1ccc(/C(=C(/Cl)c2ccccc2)c2ccccc2)cc1.CN1CC[C@]23c4c5ccc(O)c4O[C@H]2[C@@H](O)C=C[C@H]3[C@H]1C5. The van der Waals surface area contributed by atoms with Crippen LogP contribution in [0.2, 0.25) is 0 Å². The molecule has 7 heteroatoms. The van der Waals surface area contributed by atoms with Gasteiger partial charge in [0, 0.05) is 35.1 Å². The third-order valence-electron chi connectivity index (χ3n) is 11.2. The zero-order valence-corrected chi connectivity index (χ0v) is 29.9. The van der Waals surface area contributed by atoms with Gasteiger partial charge in [-0.25, -0.2) is 0 Å². The summed E-state index contributed by atoms with van der Waals surface area (Å²) in [5, 5.41) is 21.4. The van der Waals surface area contributed by atoms with Gasteiger partial charge in [-0.3, -0.25) is 0 Å². The molecule has 2 bridgehead atoms. The quantitative estimate of drug-likeness (QED) is 0.138. The average Bonchev–Trinajstić information content (AvgIpc) is 3.52. The van der Waals surface area contributed by atoms with Crippen LogP contribution in [0, 0.1) is 5.92 Å². The van der Waals surface area contributed by atoms with Crippen LogP contribution in [0.25, 0.3) is 10.6 Å². The smallest absolute Gasteiger partial charge is 0.165 e. The van der Waals surface area contributed by atoms with E-state index >= 15 is 0 Å². The molecule has 0 radical (unpaired) electrons. The lowest BCUT2D eigenvalue weighted by atomic mass is 9.53. The Morgan fingerprint density at radius 2 is 1.56 bits per heavy atom. The Balaban J connectivity index is 0.000000164. The van der Waals surface area contributed by atoms with Crippen molar-refractivity contribution in [2.24, 2.45) is 5.92 Å². The van der Waals surface area contributed by atoms with Crippen molar-refractivity contribution in [3.63, 3.8) is 0 Å². The van der Waals surface area contributed by atoms with E-state index in [1.165, 1.54) is 11.1 Å². The molecular formula is C43H47ClN2O4. The van der Waals surface area contributed by atoms with Gasteiger partial charge in [0.2, 0.25) is 0 Å². The van der Waals surface area contributed by atoms with E-state index in [0.29, 0.717) is 24.3 Å². The average molecular weight is 691 g/mol. The summed E-state index contributed by atoms with van der Waals surface area (Å²) in [6.07, 6.45) is 5.18. The number of hydrogen-bond donors (Lipinski definition) is 2. The summed E-state index contributed by atoms with van der Waals surface area (Å²) in [5.74, 6) is 2.07. The van der Waals surface area contributed by atoms with E-state index in [-0.39, 0.29) is 17.3 Å². The van der Waals surface area contributed by atoms with Gasteiger partial charge in [0.05, 0.1) is 5.03 Å². The van der Waals surface area contributed by atoms with Crippen molar-refractivity contribution in [1.82, 2.24) is 9.80 Å². The fourth-order valence-corrected chi connectivity index (χ4v) is 8.89. The van der Waals surface area contributed by atoms with Crippen molar-refractivity contribution in [2.45, 2.75) is 50.4 Å². The second-order valence-electron chi connectivity index (χ2n) is 13.8. The maximum Gasteiger partial charge on any atom is 0.165 e. The van der Waals surface area contributed by atoms with Crippen LogP contribution in [0.1, 0.15) is 48.1 Å². The standard InChI is InChI=1S/C26H28ClNO.C17H19NO3/c1-3-28(4-2)19-20-29-24-17-15-22(16-18-24)25(21-11-7-5-8-12-21)26(27)23-13-9-6-10-14-23;1-18-7-6-17-10-3-5-13(20)16(17)21-15-12(19)4-2-9(14(15)17)8-11(10)18/h5-18H,3-4,19-20H2,1-2H3;2-5,10-11,13,16,19-20H,6-8H2,1H3/b26-25+;/t;10-,11+,13-,16-,17-/m.0/s1. The number of benzene rings is 4. The van der Waals surface area contributed by atoms with Crippen molar-refractivity contribution in [3.05, 3.63) is 137 Å². The fourth-order valence-electron chi connectivity index (χ4n) is 8.54. The molecule has 5 atom stereocenters. The van der Waals surface area contributed by atoms with Gasteiger partial charge in [0.1, 0.15) is 24.6 Å². The van der Waals surface area contributed by atoms with Gasteiger partial charge in [-0.15, -0.1) is 0 Å². The van der Waals surface area contributed by atoms with Crippen molar-refractivity contribution in [3.8, 4) is 17.2 Å². The molecule has 4 aromatic rings. The molecule has 1 fully saturated rings. The number of aliphatic hydroxyl groups excluding tert-OH is 1. The normalized spacial score (nSPS) is 24.8. The van der Waals surface area contributed by atoms with Gasteiger partial charge >= 0.3 is 0 Å². The molecule has 2 heterocycles. The van der Waals surface area contributed by atoms with Crippen molar-refractivity contribution >= 4 is 22.2 Å². The zero-order chi connectivity index (χ0) is 34.8. The van der Waals surface area contributed by atoms with Crippen LogP contribution in [0.5, 0.6) is 17.2 Å². The summed E-state index contributed by atoms with van der Waals surface area (Å²) >= 11 is 6.87. The largest absolute Gasteiger partial charge is 0.504 e. The maximum absolute atomic E-state index is 10.4. The first-order valence-corrected chi connectivity index (χ1v) is 18.3. The van der Waals surface area contributed by atoms with E-state index < -0.39 is 6.10 Å². The zero-order valence-electron chi connectivity index (χ0n) is 29.1. The van der Waals surface area contributed by atoms with Crippen molar-refractivity contribution < 1.29 is 19.7 Å². The number of ether oxygens (including phenoxy) is 2. The predicted octanol–water partition coefficient (Wildman–Crippen LogP) is 7.76. The number of nitrogens with zero attached hydrogens (tertiary/aromatic N) is 2. The van der Waals surface area contributed by atoms with Crippen LogP contribution < -0.4 is 9.47 Å². The first-order valence-electron chi connectivity index (χ1n) is 17.9. The maximum atomic E-state index is 10.4. The summed E-state index contributed by atoms with van der Waals surface area (Å²) in [6, 6.07) is 32.8. The molecular weight excluding hydrogens is 644 g/mol. The monoisotopic (exact) mass is 690 g/mol. The molecule has 0 unspecified atom stereocenters. The Labute approximate surface area is 301 Å². The lowest BCUT2D eigenvalue weighted by molar-refractivity contribution is -0.0453. The van der Waals surface area contributed by atoms with E-state index in [2.05, 4.69) is 61.0 Å². The van der Waals surface area contributed by atoms with Gasteiger partial charge in [-0.1, -0.05) is 116 Å². The molecule has 260 valence electrons. The molecule has 2 N–H and O–H groups in total. The summed E-state index contributed by atoms with van der Waals surface area (Å²) in [6.45, 7) is 9.06. The molecule has 2 aliphatic heterocycles. The number of rotatable bonds is 9. The van der Waals surface area contributed by atoms with Crippen molar-refractivity contribution in [1.29, 1.82) is 0 Å². The van der Waals surface area contributed by atoms with E-state index in [0.717, 1.165) is 72.1 Å². The predicted molar refractivity (Wildman–Crippen MR) is 202 cm³/mol. The van der Waals surface area contributed by atoms with E-state index in [1.54, 1.807) is 6.07 Å². The van der Waals surface area contributed by atoms with Crippen LogP contribution in [-0.2, 0) is 11.8 Å². The Kier molecular flexibility index (Phi) is 10.1. The third kappa shape index (κ3) is 6.24. The van der Waals surface area contributed by atoms with Gasteiger partial charge in [-0.2, -0.15) is 0 Å². The first-order chi connectivity index (χ1) is 24.3. The molecule has 2 aliphatic carbocycles. The number of likely N-dealkylation sites (N-methyl/N-ethyl adjacent to an activating group) is 2. The number of halogens is 1. The second kappa shape index (κ2) is 14.7. The number of phenols is 1. The summed E-state index contributed by atoms with van der Waals surface area (Å²) in [7, 11) is 2.19. The number of hydrogen-bond acceptors (Lipinski definition) is 6. The molecule has 4 aliphatic rings. The van der Waals surface area contributed by atoms with E-state index in [1.807, 2.05) is 72.8 Å². The van der Waals surface area contributed by atoms with Gasteiger partial charge in [-0.05, 0) is 80.0 Å². The number of likely N-dealkylation sites (tertiary alicyclic amines) is 1. The molecule has 1 spiro atoms. The molecule has 4 aromatic carbocycles. The summed E-state index contributed by atoms with van der Waals surface area (Å²) in [5.41, 5.74) is 6.48. The molecule has 8 rings (SSSR count). The first kappa shape index (κ1) is 34.4. The lowest BCUT2D eigenvalue weighted by Gasteiger charge is -2.56. The minimum atomic E-state index is -0.594. The molecule has 0 aromatic heterocycles. The minimum absolute atomic E-state index is 0.160. The molecule has 0 amide bonds. The lowest BCUT2D eigenvalue weighted by Crippen LogP contribution is -2.64. The highest BCUT2D eigenvalue weighted by molar-refractivity contribution is 6.53. The van der Waals surface area contributed by atoms with Gasteiger partial charge in [0.25, 0.3) is 0 Å². The molecule has 50 heavy (non-hydrogen) atoms.